The molecule has 2 heterocycles. The molecule has 0 spiro atoms. The zero-order valence-corrected chi connectivity index (χ0v) is 14.6. The van der Waals surface area contributed by atoms with E-state index >= 15 is 0 Å². The zero-order valence-electron chi connectivity index (χ0n) is 14.6. The van der Waals surface area contributed by atoms with Crippen molar-refractivity contribution >= 4 is 17.7 Å². The normalized spacial score (nSPS) is 21.8. The molecular weight excluding hydrogens is 320 g/mol. The predicted molar refractivity (Wildman–Crippen MR) is 94.8 cm³/mol. The number of aliphatic carboxylic acids is 1. The molecule has 1 aromatic rings. The topological polar surface area (TPSA) is 85.8 Å². The fourth-order valence-electron chi connectivity index (χ4n) is 3.76. The van der Waals surface area contributed by atoms with Crippen LogP contribution in [0.4, 0.5) is 5.82 Å². The lowest BCUT2D eigenvalue weighted by Gasteiger charge is -2.35. The van der Waals surface area contributed by atoms with Crippen molar-refractivity contribution < 1.29 is 14.7 Å². The number of nitrogens with zero attached hydrogens (tertiary/aromatic N) is 3. The summed E-state index contributed by atoms with van der Waals surface area (Å²) in [5.74, 6) is -0.369. The van der Waals surface area contributed by atoms with E-state index in [9.17, 15) is 14.7 Å². The lowest BCUT2D eigenvalue weighted by atomic mass is 9.94. The van der Waals surface area contributed by atoms with Gasteiger partial charge in [0.2, 0.25) is 0 Å². The summed E-state index contributed by atoms with van der Waals surface area (Å²) in [5, 5.41) is 12.1. The van der Waals surface area contributed by atoms with Gasteiger partial charge < -0.3 is 20.2 Å². The summed E-state index contributed by atoms with van der Waals surface area (Å²) in [4.78, 5) is 32.4. The Hall–Kier alpha value is -2.15. The van der Waals surface area contributed by atoms with Gasteiger partial charge in [-0.25, -0.2) is 4.98 Å². The number of aromatic nitrogens is 1. The summed E-state index contributed by atoms with van der Waals surface area (Å²) in [5.41, 5.74) is 0.557. The number of carboxylic acids is 1. The van der Waals surface area contributed by atoms with Crippen LogP contribution in [0.5, 0.6) is 0 Å². The maximum Gasteiger partial charge on any atom is 0.322 e. The van der Waals surface area contributed by atoms with Gasteiger partial charge in [-0.3, -0.25) is 9.59 Å². The molecular formula is C18H26N4O3. The number of hydrogen-bond acceptors (Lipinski definition) is 5. The fourth-order valence-corrected chi connectivity index (χ4v) is 3.76. The van der Waals surface area contributed by atoms with Crippen molar-refractivity contribution in [3.63, 3.8) is 0 Å². The Kier molecular flexibility index (Phi) is 5.53. The highest BCUT2D eigenvalue weighted by atomic mass is 16.4. The second kappa shape index (κ2) is 7.82. The molecule has 1 saturated carbocycles. The highest BCUT2D eigenvalue weighted by Crippen LogP contribution is 2.27. The van der Waals surface area contributed by atoms with Crippen molar-refractivity contribution in [2.24, 2.45) is 0 Å². The molecule has 7 nitrogen and oxygen atoms in total. The van der Waals surface area contributed by atoms with Crippen LogP contribution in [-0.2, 0) is 4.79 Å². The number of rotatable bonds is 4. The Bertz CT molecular complexity index is 631. The van der Waals surface area contributed by atoms with Gasteiger partial charge in [-0.1, -0.05) is 19.3 Å². The molecule has 0 radical (unpaired) electrons. The number of anilines is 1. The molecule has 1 saturated heterocycles. The minimum atomic E-state index is -0.928. The highest BCUT2D eigenvalue weighted by molar-refractivity contribution is 5.99. The molecule has 3 rings (SSSR count). The minimum Gasteiger partial charge on any atom is -0.480 e. The molecule has 25 heavy (non-hydrogen) atoms. The van der Waals surface area contributed by atoms with E-state index in [2.05, 4.69) is 15.2 Å². The monoisotopic (exact) mass is 346 g/mol. The number of carboxylic acid groups (broad SMARTS) is 1. The first kappa shape index (κ1) is 17.7. The molecule has 2 N–H and O–H groups in total. The van der Waals surface area contributed by atoms with Crippen molar-refractivity contribution in [3.05, 3.63) is 23.9 Å². The fraction of sp³-hybridized carbons (Fsp3) is 0.611. The summed E-state index contributed by atoms with van der Waals surface area (Å²) < 4.78 is 0. The van der Waals surface area contributed by atoms with Gasteiger partial charge in [-0.05, 0) is 25.0 Å². The third kappa shape index (κ3) is 3.92. The highest BCUT2D eigenvalue weighted by Gasteiger charge is 2.31. The van der Waals surface area contributed by atoms with Crippen LogP contribution in [0.3, 0.4) is 0 Å². The summed E-state index contributed by atoms with van der Waals surface area (Å²) in [7, 11) is 2.01. The molecule has 0 bridgehead atoms. The molecule has 1 amide bonds. The standard InChI is InChI=1S/C18H26N4O3/c1-21(13-6-3-2-4-7-13)16-14(8-5-9-20-16)17(23)22-11-10-19-15(12-22)18(24)25/h5,8-9,13,15,19H,2-4,6-7,10-12H2,1H3,(H,24,25). The van der Waals surface area contributed by atoms with Gasteiger partial charge in [0.15, 0.2) is 0 Å². The van der Waals surface area contributed by atoms with E-state index in [0.717, 1.165) is 12.8 Å². The van der Waals surface area contributed by atoms with Crippen LogP contribution in [-0.4, -0.2) is 65.6 Å². The summed E-state index contributed by atoms with van der Waals surface area (Å²) in [6.45, 7) is 1.16. The number of pyridine rings is 1. The van der Waals surface area contributed by atoms with Gasteiger partial charge in [0.05, 0.1) is 5.56 Å². The number of amides is 1. The molecule has 1 aliphatic carbocycles. The molecule has 136 valence electrons. The Morgan fingerprint density at radius 1 is 1.32 bits per heavy atom. The second-order valence-electron chi connectivity index (χ2n) is 6.87. The first-order valence-electron chi connectivity index (χ1n) is 9.01. The average molecular weight is 346 g/mol. The minimum absolute atomic E-state index is 0.140. The Labute approximate surface area is 148 Å². The molecule has 7 heteroatoms. The molecule has 2 aliphatic rings. The van der Waals surface area contributed by atoms with Gasteiger partial charge in [0.25, 0.3) is 5.91 Å². The van der Waals surface area contributed by atoms with Crippen LogP contribution in [0, 0.1) is 0 Å². The average Bonchev–Trinajstić information content (AvgIpc) is 2.67. The molecule has 2 fully saturated rings. The van der Waals surface area contributed by atoms with Crippen LogP contribution in [0.1, 0.15) is 42.5 Å². The number of carbonyl (C=O) groups excluding carboxylic acids is 1. The van der Waals surface area contributed by atoms with Crippen LogP contribution in [0.25, 0.3) is 0 Å². The van der Waals surface area contributed by atoms with E-state index in [1.54, 1.807) is 23.2 Å². The van der Waals surface area contributed by atoms with Gasteiger partial charge >= 0.3 is 5.97 Å². The number of nitrogens with one attached hydrogen (secondary N) is 1. The lowest BCUT2D eigenvalue weighted by molar-refractivity contribution is -0.140. The first-order chi connectivity index (χ1) is 12.1. The van der Waals surface area contributed by atoms with Gasteiger partial charge in [-0.2, -0.15) is 0 Å². The molecule has 1 unspecified atom stereocenters. The molecule has 0 aromatic carbocycles. The van der Waals surface area contributed by atoms with Gasteiger partial charge in [-0.15, -0.1) is 0 Å². The van der Waals surface area contributed by atoms with Crippen molar-refractivity contribution in [2.45, 2.75) is 44.2 Å². The van der Waals surface area contributed by atoms with Crippen molar-refractivity contribution in [1.82, 2.24) is 15.2 Å². The van der Waals surface area contributed by atoms with E-state index in [-0.39, 0.29) is 12.5 Å². The zero-order chi connectivity index (χ0) is 17.8. The number of hydrogen-bond donors (Lipinski definition) is 2. The van der Waals surface area contributed by atoms with Crippen molar-refractivity contribution in [2.75, 3.05) is 31.6 Å². The van der Waals surface area contributed by atoms with Crippen molar-refractivity contribution in [3.8, 4) is 0 Å². The molecule has 1 aromatic heterocycles. The Balaban J connectivity index is 1.79. The summed E-state index contributed by atoms with van der Waals surface area (Å²) in [6, 6.07) is 3.25. The van der Waals surface area contributed by atoms with E-state index in [0.29, 0.717) is 30.5 Å². The molecule has 1 aliphatic heterocycles. The Morgan fingerprint density at radius 3 is 2.80 bits per heavy atom. The van der Waals surface area contributed by atoms with Gasteiger partial charge in [0.1, 0.15) is 11.9 Å². The third-order valence-electron chi connectivity index (χ3n) is 5.23. The smallest absolute Gasteiger partial charge is 0.322 e. The Morgan fingerprint density at radius 2 is 2.08 bits per heavy atom. The van der Waals surface area contributed by atoms with Crippen LogP contribution in [0.2, 0.25) is 0 Å². The SMILES string of the molecule is CN(c1ncccc1C(=O)N1CCNC(C(=O)O)C1)C1CCCCC1. The van der Waals surface area contributed by atoms with Gasteiger partial charge in [0, 0.05) is 38.9 Å². The van der Waals surface area contributed by atoms with Crippen LogP contribution >= 0.6 is 0 Å². The van der Waals surface area contributed by atoms with Crippen LogP contribution < -0.4 is 10.2 Å². The maximum absolute atomic E-state index is 13.0. The third-order valence-corrected chi connectivity index (χ3v) is 5.23. The number of piperazine rings is 1. The van der Waals surface area contributed by atoms with Crippen LogP contribution in [0.15, 0.2) is 18.3 Å². The summed E-state index contributed by atoms with van der Waals surface area (Å²) in [6.07, 6.45) is 7.65. The maximum atomic E-state index is 13.0. The van der Waals surface area contributed by atoms with E-state index in [1.165, 1.54) is 19.3 Å². The summed E-state index contributed by atoms with van der Waals surface area (Å²) >= 11 is 0. The number of carbonyl (C=O) groups is 2. The second-order valence-corrected chi connectivity index (χ2v) is 6.87. The quantitative estimate of drug-likeness (QED) is 0.856. The lowest BCUT2D eigenvalue weighted by Crippen LogP contribution is -2.55. The van der Waals surface area contributed by atoms with E-state index in [1.807, 2.05) is 7.05 Å². The van der Waals surface area contributed by atoms with E-state index < -0.39 is 12.0 Å². The predicted octanol–water partition coefficient (Wildman–Crippen LogP) is 1.35. The van der Waals surface area contributed by atoms with Crippen molar-refractivity contribution in [1.29, 1.82) is 0 Å². The largest absolute Gasteiger partial charge is 0.480 e. The first-order valence-corrected chi connectivity index (χ1v) is 9.01. The van der Waals surface area contributed by atoms with E-state index in [4.69, 9.17) is 0 Å². The molecule has 1 atom stereocenters.